The molecule has 6 aromatic heterocycles. The standard InChI is InChI=1S/C11H8IN3O.C11H9N3O/c1-6-8(5-16-15-6)10-3-2-7-9(12)4-13-11(7)14-10;1-7-9(6-15-14-7)10-3-2-8-4-5-12-11(8)13-10/h2-5H,1H3,(H,13,14);2-6H,1H3,(H,12,13). The molecule has 2 N–H and O–H groups in total. The molecule has 0 fully saturated rings. The van der Waals surface area contributed by atoms with Crippen LogP contribution in [-0.4, -0.2) is 30.2 Å². The average Bonchev–Trinajstić information content (AvgIpc) is 3.56. The Morgan fingerprint density at radius 2 is 1.42 bits per heavy atom. The van der Waals surface area contributed by atoms with Crippen molar-refractivity contribution in [1.29, 1.82) is 0 Å². The van der Waals surface area contributed by atoms with Gasteiger partial charge in [-0.2, -0.15) is 0 Å². The Hall–Kier alpha value is -3.47. The summed E-state index contributed by atoms with van der Waals surface area (Å²) in [4.78, 5) is 15.2. The molecule has 6 rings (SSSR count). The Morgan fingerprint density at radius 3 is 2.06 bits per heavy atom. The molecule has 31 heavy (non-hydrogen) atoms. The van der Waals surface area contributed by atoms with Gasteiger partial charge in [0.15, 0.2) is 0 Å². The summed E-state index contributed by atoms with van der Waals surface area (Å²) in [6.45, 7) is 3.81. The van der Waals surface area contributed by atoms with Gasteiger partial charge in [-0.15, -0.1) is 0 Å². The van der Waals surface area contributed by atoms with Crippen LogP contribution in [0, 0.1) is 17.4 Å². The molecule has 0 unspecified atom stereocenters. The zero-order chi connectivity index (χ0) is 21.4. The number of nitrogens with one attached hydrogen (secondary N) is 2. The van der Waals surface area contributed by atoms with E-state index in [4.69, 9.17) is 9.05 Å². The van der Waals surface area contributed by atoms with Crippen LogP contribution in [0.3, 0.4) is 0 Å². The minimum atomic E-state index is 0.855. The second-order valence-corrected chi connectivity index (χ2v) is 8.13. The van der Waals surface area contributed by atoms with Crippen molar-refractivity contribution < 1.29 is 9.05 Å². The molecule has 6 heterocycles. The quantitative estimate of drug-likeness (QED) is 0.283. The summed E-state index contributed by atoms with van der Waals surface area (Å²) < 4.78 is 11.0. The first kappa shape index (κ1) is 19.5. The maximum Gasteiger partial charge on any atom is 0.139 e. The third-order valence-electron chi connectivity index (χ3n) is 4.95. The van der Waals surface area contributed by atoms with Gasteiger partial charge in [0.25, 0.3) is 0 Å². The van der Waals surface area contributed by atoms with Crippen molar-refractivity contribution in [3.8, 4) is 22.5 Å². The third kappa shape index (κ3) is 3.72. The molecule has 154 valence electrons. The van der Waals surface area contributed by atoms with Gasteiger partial charge in [0.05, 0.1) is 33.9 Å². The minimum absolute atomic E-state index is 0.855. The number of hydrogen-bond acceptors (Lipinski definition) is 6. The summed E-state index contributed by atoms with van der Waals surface area (Å²) in [5, 5.41) is 9.93. The normalized spacial score (nSPS) is 11.1. The fourth-order valence-electron chi connectivity index (χ4n) is 3.28. The van der Waals surface area contributed by atoms with E-state index in [2.05, 4.69) is 58.9 Å². The van der Waals surface area contributed by atoms with Gasteiger partial charge in [-0.05, 0) is 66.8 Å². The zero-order valence-electron chi connectivity index (χ0n) is 16.7. The molecule has 0 spiro atoms. The average molecular weight is 524 g/mol. The lowest BCUT2D eigenvalue weighted by atomic mass is 10.1. The van der Waals surface area contributed by atoms with Gasteiger partial charge in [-0.1, -0.05) is 10.3 Å². The maximum absolute atomic E-state index is 4.92. The summed E-state index contributed by atoms with van der Waals surface area (Å²) in [5.41, 5.74) is 7.11. The van der Waals surface area contributed by atoms with E-state index in [-0.39, 0.29) is 0 Å². The van der Waals surface area contributed by atoms with Crippen molar-refractivity contribution in [2.45, 2.75) is 13.8 Å². The molecule has 0 aliphatic rings. The number of hydrogen-bond donors (Lipinski definition) is 2. The second-order valence-electron chi connectivity index (χ2n) is 6.97. The van der Waals surface area contributed by atoms with Gasteiger partial charge in [0, 0.05) is 26.7 Å². The van der Waals surface area contributed by atoms with E-state index in [9.17, 15) is 0 Å². The van der Waals surface area contributed by atoms with Crippen molar-refractivity contribution in [3.63, 3.8) is 0 Å². The highest BCUT2D eigenvalue weighted by molar-refractivity contribution is 14.1. The number of fused-ring (bicyclic) bond motifs is 2. The van der Waals surface area contributed by atoms with Crippen LogP contribution >= 0.6 is 22.6 Å². The van der Waals surface area contributed by atoms with E-state index in [1.807, 2.05) is 50.5 Å². The lowest BCUT2D eigenvalue weighted by Gasteiger charge is -1.97. The van der Waals surface area contributed by atoms with E-state index >= 15 is 0 Å². The lowest BCUT2D eigenvalue weighted by Crippen LogP contribution is -1.85. The Labute approximate surface area is 190 Å². The predicted octanol–water partition coefficient (Wildman–Crippen LogP) is 5.66. The van der Waals surface area contributed by atoms with Crippen LogP contribution in [0.2, 0.25) is 0 Å². The summed E-state index contributed by atoms with van der Waals surface area (Å²) in [7, 11) is 0. The smallest absolute Gasteiger partial charge is 0.139 e. The minimum Gasteiger partial charge on any atom is -0.364 e. The molecule has 0 atom stereocenters. The van der Waals surface area contributed by atoms with E-state index in [1.165, 1.54) is 3.57 Å². The first-order valence-electron chi connectivity index (χ1n) is 9.50. The molecule has 0 amide bonds. The molecule has 0 aromatic carbocycles. The van der Waals surface area contributed by atoms with E-state index < -0.39 is 0 Å². The van der Waals surface area contributed by atoms with Crippen molar-refractivity contribution in [2.24, 2.45) is 0 Å². The van der Waals surface area contributed by atoms with Crippen LogP contribution in [0.15, 0.2) is 64.3 Å². The number of aromatic amines is 2. The molecular weight excluding hydrogens is 507 g/mol. The fourth-order valence-corrected chi connectivity index (χ4v) is 3.87. The Morgan fingerprint density at radius 1 is 0.774 bits per heavy atom. The number of rotatable bonds is 2. The number of aryl methyl sites for hydroxylation is 2. The molecule has 0 radical (unpaired) electrons. The second kappa shape index (κ2) is 7.99. The molecule has 6 aromatic rings. The van der Waals surface area contributed by atoms with E-state index in [0.29, 0.717) is 0 Å². The van der Waals surface area contributed by atoms with Crippen molar-refractivity contribution >= 4 is 44.7 Å². The van der Waals surface area contributed by atoms with Gasteiger partial charge >= 0.3 is 0 Å². The van der Waals surface area contributed by atoms with Crippen LogP contribution in [0.5, 0.6) is 0 Å². The molecule has 8 nitrogen and oxygen atoms in total. The van der Waals surface area contributed by atoms with Gasteiger partial charge < -0.3 is 19.0 Å². The van der Waals surface area contributed by atoms with Crippen LogP contribution in [-0.2, 0) is 0 Å². The molecule has 0 saturated carbocycles. The maximum atomic E-state index is 4.92. The largest absolute Gasteiger partial charge is 0.364 e. The highest BCUT2D eigenvalue weighted by Gasteiger charge is 2.10. The SMILES string of the molecule is Cc1nocc1-c1ccc2c(I)c[nH]c2n1.Cc1nocc1-c1ccc2cc[nH]c2n1. The van der Waals surface area contributed by atoms with Crippen molar-refractivity contribution in [3.05, 3.63) is 70.2 Å². The first-order chi connectivity index (χ1) is 15.1. The Balaban J connectivity index is 0.000000132. The molecule has 9 heteroatoms. The van der Waals surface area contributed by atoms with Gasteiger partial charge in [-0.3, -0.25) is 0 Å². The van der Waals surface area contributed by atoms with Crippen LogP contribution in [0.1, 0.15) is 11.4 Å². The highest BCUT2D eigenvalue weighted by Crippen LogP contribution is 2.25. The number of halogens is 1. The number of aromatic nitrogens is 6. The topological polar surface area (TPSA) is 109 Å². The molecule has 0 bridgehead atoms. The molecule has 0 aliphatic carbocycles. The summed E-state index contributed by atoms with van der Waals surface area (Å²) in [6, 6.07) is 10.0. The predicted molar refractivity (Wildman–Crippen MR) is 125 cm³/mol. The van der Waals surface area contributed by atoms with Crippen LogP contribution in [0.4, 0.5) is 0 Å². The van der Waals surface area contributed by atoms with Crippen LogP contribution in [0.25, 0.3) is 44.6 Å². The molecule has 0 aliphatic heterocycles. The van der Waals surface area contributed by atoms with Gasteiger partial charge in [0.2, 0.25) is 0 Å². The first-order valence-corrected chi connectivity index (χ1v) is 10.6. The monoisotopic (exact) mass is 524 g/mol. The summed E-state index contributed by atoms with van der Waals surface area (Å²) in [5.74, 6) is 0. The number of nitrogens with zero attached hydrogens (tertiary/aromatic N) is 4. The fraction of sp³-hybridized carbons (Fsp3) is 0.0909. The Kier molecular flexibility index (Phi) is 5.02. The highest BCUT2D eigenvalue weighted by atomic mass is 127. The van der Waals surface area contributed by atoms with Crippen LogP contribution < -0.4 is 0 Å². The molecule has 0 saturated heterocycles. The van der Waals surface area contributed by atoms with Crippen molar-refractivity contribution in [2.75, 3.05) is 0 Å². The lowest BCUT2D eigenvalue weighted by molar-refractivity contribution is 0.415. The Bertz CT molecular complexity index is 1490. The van der Waals surface area contributed by atoms with Gasteiger partial charge in [0.1, 0.15) is 23.8 Å². The summed E-state index contributed by atoms with van der Waals surface area (Å²) >= 11 is 2.28. The third-order valence-corrected chi connectivity index (χ3v) is 5.84. The molecular formula is C22H17IN6O2. The number of pyridine rings is 2. The van der Waals surface area contributed by atoms with E-state index in [0.717, 1.165) is 56.0 Å². The number of H-pyrrole nitrogens is 2. The van der Waals surface area contributed by atoms with Crippen molar-refractivity contribution in [1.82, 2.24) is 30.2 Å². The summed E-state index contributed by atoms with van der Waals surface area (Å²) in [6.07, 6.45) is 7.06. The zero-order valence-corrected chi connectivity index (χ0v) is 18.8. The van der Waals surface area contributed by atoms with E-state index in [1.54, 1.807) is 12.5 Å². The van der Waals surface area contributed by atoms with Gasteiger partial charge in [-0.25, -0.2) is 9.97 Å².